The average molecular weight is 436 g/mol. The minimum atomic E-state index is -0.0757. The van der Waals surface area contributed by atoms with Crippen molar-refractivity contribution in [1.29, 1.82) is 0 Å². The van der Waals surface area contributed by atoms with E-state index < -0.39 is 0 Å². The standard InChI is InChI=1S/C27H37N3O2/c1-5-22-6-8-24(9-7-22)20-30-27(14-16-28(4)17-15-27)18-26(31)29(30)19-23-10-12-25(13-11-23)32-21(2)3/h6-13,21H,5,14-20H2,1-4H3. The lowest BCUT2D eigenvalue weighted by atomic mass is 9.84. The van der Waals surface area contributed by atoms with Gasteiger partial charge in [-0.1, -0.05) is 43.3 Å². The SMILES string of the molecule is CCc1ccc(CN2N(Cc3ccc(OC(C)C)cc3)C(=O)CC23CCN(C)CC3)cc1. The number of hydrazine groups is 1. The Morgan fingerprint density at radius 3 is 2.06 bits per heavy atom. The third-order valence-electron chi connectivity index (χ3n) is 6.92. The molecule has 0 N–H and O–H groups in total. The monoisotopic (exact) mass is 435 g/mol. The van der Waals surface area contributed by atoms with Gasteiger partial charge in [-0.15, -0.1) is 0 Å². The highest BCUT2D eigenvalue weighted by Crippen LogP contribution is 2.41. The van der Waals surface area contributed by atoms with Gasteiger partial charge in [0.1, 0.15) is 5.75 Å². The quantitative estimate of drug-likeness (QED) is 0.634. The highest BCUT2D eigenvalue weighted by Gasteiger charge is 2.50. The van der Waals surface area contributed by atoms with Crippen molar-refractivity contribution in [2.24, 2.45) is 0 Å². The number of ether oxygens (including phenoxy) is 1. The fraction of sp³-hybridized carbons (Fsp3) is 0.519. The molecule has 1 spiro atoms. The van der Waals surface area contributed by atoms with Crippen LogP contribution in [0.4, 0.5) is 0 Å². The molecule has 0 bridgehead atoms. The van der Waals surface area contributed by atoms with E-state index in [9.17, 15) is 4.79 Å². The van der Waals surface area contributed by atoms with E-state index in [4.69, 9.17) is 4.74 Å². The van der Waals surface area contributed by atoms with E-state index in [1.165, 1.54) is 11.1 Å². The van der Waals surface area contributed by atoms with Gasteiger partial charge in [-0.05, 0) is 82.1 Å². The summed E-state index contributed by atoms with van der Waals surface area (Å²) in [4.78, 5) is 15.7. The Balaban J connectivity index is 1.57. The number of carbonyl (C=O) groups is 1. The van der Waals surface area contributed by atoms with Gasteiger partial charge in [-0.2, -0.15) is 0 Å². The Morgan fingerprint density at radius 2 is 1.47 bits per heavy atom. The molecule has 4 rings (SSSR count). The van der Waals surface area contributed by atoms with E-state index in [-0.39, 0.29) is 17.6 Å². The Bertz CT molecular complexity index is 900. The summed E-state index contributed by atoms with van der Waals surface area (Å²) in [6, 6.07) is 17.1. The van der Waals surface area contributed by atoms with Gasteiger partial charge < -0.3 is 9.64 Å². The summed E-state index contributed by atoms with van der Waals surface area (Å²) in [5.74, 6) is 1.11. The van der Waals surface area contributed by atoms with Crippen LogP contribution in [0, 0.1) is 0 Å². The van der Waals surface area contributed by atoms with Crippen molar-refractivity contribution in [3.8, 4) is 5.75 Å². The summed E-state index contributed by atoms with van der Waals surface area (Å²) in [5, 5.41) is 4.40. The summed E-state index contributed by atoms with van der Waals surface area (Å²) in [7, 11) is 2.18. The Morgan fingerprint density at radius 1 is 0.906 bits per heavy atom. The third kappa shape index (κ3) is 5.00. The zero-order valence-corrected chi connectivity index (χ0v) is 20.0. The molecular formula is C27H37N3O2. The number of hydrogen-bond acceptors (Lipinski definition) is 4. The Kier molecular flexibility index (Phi) is 6.87. The van der Waals surface area contributed by atoms with Crippen LogP contribution in [0.25, 0.3) is 0 Å². The molecule has 0 aliphatic carbocycles. The van der Waals surface area contributed by atoms with Gasteiger partial charge in [-0.3, -0.25) is 9.80 Å². The maximum atomic E-state index is 13.3. The lowest BCUT2D eigenvalue weighted by Crippen LogP contribution is -2.54. The van der Waals surface area contributed by atoms with Crippen LogP contribution in [0.3, 0.4) is 0 Å². The molecule has 0 radical (unpaired) electrons. The van der Waals surface area contributed by atoms with Gasteiger partial charge in [0.15, 0.2) is 0 Å². The average Bonchev–Trinajstić information content (AvgIpc) is 3.02. The van der Waals surface area contributed by atoms with Gasteiger partial charge in [0.05, 0.1) is 18.2 Å². The Labute approximate surface area is 192 Å². The molecule has 0 aromatic heterocycles. The lowest BCUT2D eigenvalue weighted by molar-refractivity contribution is -0.145. The number of rotatable bonds is 7. The first-order valence-electron chi connectivity index (χ1n) is 12.0. The van der Waals surface area contributed by atoms with Gasteiger partial charge >= 0.3 is 0 Å². The minimum Gasteiger partial charge on any atom is -0.491 e. The molecule has 2 aliphatic rings. The maximum Gasteiger partial charge on any atom is 0.239 e. The number of piperidine rings is 1. The summed E-state index contributed by atoms with van der Waals surface area (Å²) < 4.78 is 5.78. The lowest BCUT2D eigenvalue weighted by Gasteiger charge is -2.45. The van der Waals surface area contributed by atoms with Gasteiger partial charge in [-0.25, -0.2) is 5.01 Å². The Hall–Kier alpha value is -2.37. The van der Waals surface area contributed by atoms with Crippen molar-refractivity contribution >= 4 is 5.91 Å². The topological polar surface area (TPSA) is 36.0 Å². The summed E-state index contributed by atoms with van der Waals surface area (Å²) in [6.07, 6.45) is 3.86. The molecule has 2 aromatic rings. The number of hydrogen-bond donors (Lipinski definition) is 0. The van der Waals surface area contributed by atoms with Crippen molar-refractivity contribution in [3.63, 3.8) is 0 Å². The predicted molar refractivity (Wildman–Crippen MR) is 128 cm³/mol. The van der Waals surface area contributed by atoms with E-state index in [0.29, 0.717) is 13.0 Å². The van der Waals surface area contributed by atoms with Crippen LogP contribution >= 0.6 is 0 Å². The van der Waals surface area contributed by atoms with Crippen LogP contribution in [0.15, 0.2) is 48.5 Å². The highest BCUT2D eigenvalue weighted by atomic mass is 16.5. The van der Waals surface area contributed by atoms with Crippen molar-refractivity contribution in [2.75, 3.05) is 20.1 Å². The van der Waals surface area contributed by atoms with Crippen LogP contribution in [-0.4, -0.2) is 52.6 Å². The van der Waals surface area contributed by atoms with Gasteiger partial charge in [0.2, 0.25) is 5.91 Å². The van der Waals surface area contributed by atoms with Crippen LogP contribution in [0.1, 0.15) is 56.7 Å². The molecule has 5 heteroatoms. The molecule has 5 nitrogen and oxygen atoms in total. The van der Waals surface area contributed by atoms with Crippen molar-refractivity contribution in [1.82, 2.24) is 14.9 Å². The first-order chi connectivity index (χ1) is 15.4. The van der Waals surface area contributed by atoms with Crippen molar-refractivity contribution in [2.45, 2.75) is 71.2 Å². The van der Waals surface area contributed by atoms with E-state index in [1.54, 1.807) is 0 Å². The molecule has 2 aromatic carbocycles. The normalized spacial score (nSPS) is 19.3. The first-order valence-corrected chi connectivity index (χ1v) is 12.0. The smallest absolute Gasteiger partial charge is 0.239 e. The number of carbonyl (C=O) groups excluding carboxylic acids is 1. The minimum absolute atomic E-state index is 0.0757. The molecule has 0 saturated carbocycles. The third-order valence-corrected chi connectivity index (χ3v) is 6.92. The number of amides is 1. The molecule has 32 heavy (non-hydrogen) atoms. The zero-order chi connectivity index (χ0) is 22.7. The number of benzene rings is 2. The second kappa shape index (κ2) is 9.63. The zero-order valence-electron chi connectivity index (χ0n) is 20.0. The molecule has 2 aliphatic heterocycles. The maximum absolute atomic E-state index is 13.3. The first kappa shape index (κ1) is 22.8. The molecule has 1 amide bonds. The van der Waals surface area contributed by atoms with E-state index in [2.05, 4.69) is 60.3 Å². The second-order valence-electron chi connectivity index (χ2n) is 9.69. The van der Waals surface area contributed by atoms with Crippen LogP contribution < -0.4 is 4.74 Å². The summed E-state index contributed by atoms with van der Waals surface area (Å²) in [6.45, 7) is 9.69. The highest BCUT2D eigenvalue weighted by molar-refractivity contribution is 5.79. The number of nitrogens with zero attached hydrogens (tertiary/aromatic N) is 3. The van der Waals surface area contributed by atoms with Crippen LogP contribution in [0.2, 0.25) is 0 Å². The predicted octanol–water partition coefficient (Wildman–Crippen LogP) is 4.65. The van der Waals surface area contributed by atoms with E-state index in [0.717, 1.165) is 50.2 Å². The molecule has 0 unspecified atom stereocenters. The van der Waals surface area contributed by atoms with E-state index >= 15 is 0 Å². The summed E-state index contributed by atoms with van der Waals surface area (Å²) in [5.41, 5.74) is 3.67. The molecule has 2 fully saturated rings. The molecule has 0 atom stereocenters. The molecule has 172 valence electrons. The van der Waals surface area contributed by atoms with Gasteiger partial charge in [0.25, 0.3) is 0 Å². The number of aryl methyl sites for hydroxylation is 1. The molecular weight excluding hydrogens is 398 g/mol. The molecule has 2 saturated heterocycles. The summed E-state index contributed by atoms with van der Waals surface area (Å²) >= 11 is 0. The fourth-order valence-electron chi connectivity index (χ4n) is 4.92. The van der Waals surface area contributed by atoms with E-state index in [1.807, 2.05) is 31.0 Å². The van der Waals surface area contributed by atoms with Crippen molar-refractivity contribution in [3.05, 3.63) is 65.2 Å². The fourth-order valence-corrected chi connectivity index (χ4v) is 4.92. The largest absolute Gasteiger partial charge is 0.491 e. The number of likely N-dealkylation sites (tertiary alicyclic amines) is 1. The van der Waals surface area contributed by atoms with Gasteiger partial charge in [0, 0.05) is 13.0 Å². The van der Waals surface area contributed by atoms with Crippen LogP contribution in [-0.2, 0) is 24.3 Å². The second-order valence-corrected chi connectivity index (χ2v) is 9.69. The molecule has 2 heterocycles. The van der Waals surface area contributed by atoms with Crippen molar-refractivity contribution < 1.29 is 9.53 Å². The van der Waals surface area contributed by atoms with Crippen LogP contribution in [0.5, 0.6) is 5.75 Å².